The van der Waals surface area contributed by atoms with E-state index >= 15 is 0 Å². The average molecular weight is 537 g/mol. The van der Waals surface area contributed by atoms with Gasteiger partial charge in [-0.3, -0.25) is 14.5 Å². The van der Waals surface area contributed by atoms with Crippen LogP contribution >= 0.6 is 11.3 Å². The van der Waals surface area contributed by atoms with Crippen molar-refractivity contribution in [3.63, 3.8) is 0 Å². The molecule has 0 saturated carbocycles. The van der Waals surface area contributed by atoms with Crippen LogP contribution in [0.5, 0.6) is 5.75 Å². The van der Waals surface area contributed by atoms with Gasteiger partial charge in [0.25, 0.3) is 5.91 Å². The second-order valence-corrected chi connectivity index (χ2v) is 9.63. The molecular weight excluding hydrogens is 508 g/mol. The van der Waals surface area contributed by atoms with E-state index in [9.17, 15) is 19.5 Å². The Balaban J connectivity index is 1.80. The van der Waals surface area contributed by atoms with Gasteiger partial charge in [0.05, 0.1) is 23.9 Å². The number of aromatic nitrogens is 1. The number of esters is 1. The van der Waals surface area contributed by atoms with E-state index in [1.165, 1.54) is 17.0 Å². The fourth-order valence-electron chi connectivity index (χ4n) is 4.02. The van der Waals surface area contributed by atoms with Gasteiger partial charge in [0.15, 0.2) is 16.7 Å². The maximum absolute atomic E-state index is 13.5. The summed E-state index contributed by atoms with van der Waals surface area (Å²) in [6.45, 7) is 9.43. The summed E-state index contributed by atoms with van der Waals surface area (Å²) in [4.78, 5) is 45.4. The maximum atomic E-state index is 13.5. The quantitative estimate of drug-likeness (QED) is 0.144. The first kappa shape index (κ1) is 26.9. The van der Waals surface area contributed by atoms with Crippen LogP contribution in [0.25, 0.3) is 0 Å². The lowest BCUT2D eigenvalue weighted by Gasteiger charge is -2.24. The van der Waals surface area contributed by atoms with Gasteiger partial charge in [-0.2, -0.15) is 0 Å². The lowest BCUT2D eigenvalue weighted by molar-refractivity contribution is -0.117. The van der Waals surface area contributed by atoms with Crippen LogP contribution < -0.4 is 9.64 Å². The Labute approximate surface area is 224 Å². The maximum Gasteiger partial charge on any atom is 0.350 e. The standard InChI is InChI=1S/C28H28N2O7S/c1-5-7-14-35-19-10-8-9-18(15-19)22-21(23(31)20-12-11-16(3)37-20)24(32)26(33)30(22)28-29-17(4)25(38-28)27(34)36-13-6-2/h6,8-12,15,22,32H,2,5,7,13-14H2,1,3-4H3. The summed E-state index contributed by atoms with van der Waals surface area (Å²) in [5.74, 6) is -1.72. The molecule has 0 saturated heterocycles. The molecule has 0 bridgehead atoms. The monoisotopic (exact) mass is 536 g/mol. The van der Waals surface area contributed by atoms with Crippen LogP contribution in [0, 0.1) is 13.8 Å². The second kappa shape index (κ2) is 11.5. The van der Waals surface area contributed by atoms with Crippen molar-refractivity contribution < 1.29 is 33.4 Å². The van der Waals surface area contributed by atoms with Gasteiger partial charge in [0.1, 0.15) is 23.0 Å². The largest absolute Gasteiger partial charge is 0.503 e. The summed E-state index contributed by atoms with van der Waals surface area (Å²) in [5, 5.41) is 11.1. The number of aliphatic hydroxyl groups is 1. The zero-order chi connectivity index (χ0) is 27.4. The van der Waals surface area contributed by atoms with E-state index in [-0.39, 0.29) is 27.9 Å². The molecule has 2 aromatic heterocycles. The van der Waals surface area contributed by atoms with E-state index in [1.807, 2.05) is 0 Å². The number of hydrogen-bond donors (Lipinski definition) is 1. The van der Waals surface area contributed by atoms with Crippen LogP contribution in [0.3, 0.4) is 0 Å². The molecule has 0 radical (unpaired) electrons. The highest BCUT2D eigenvalue weighted by molar-refractivity contribution is 7.17. The van der Waals surface area contributed by atoms with Gasteiger partial charge in [-0.05, 0) is 50.1 Å². The lowest BCUT2D eigenvalue weighted by Crippen LogP contribution is -2.31. The number of ketones is 1. The Hall–Kier alpha value is -4.18. The van der Waals surface area contributed by atoms with Gasteiger partial charge >= 0.3 is 5.97 Å². The van der Waals surface area contributed by atoms with Gasteiger partial charge in [-0.1, -0.05) is 49.5 Å². The van der Waals surface area contributed by atoms with Crippen LogP contribution in [0.1, 0.15) is 63.1 Å². The molecule has 38 heavy (non-hydrogen) atoms. The van der Waals surface area contributed by atoms with Gasteiger partial charge in [-0.25, -0.2) is 9.78 Å². The first-order chi connectivity index (χ1) is 18.3. The third-order valence-corrected chi connectivity index (χ3v) is 7.00. The fraction of sp³-hybridized carbons (Fsp3) is 0.286. The smallest absolute Gasteiger partial charge is 0.350 e. The van der Waals surface area contributed by atoms with E-state index < -0.39 is 29.5 Å². The first-order valence-corrected chi connectivity index (χ1v) is 12.9. The minimum absolute atomic E-state index is 0.0111. The topological polar surface area (TPSA) is 119 Å². The minimum Gasteiger partial charge on any atom is -0.503 e. The molecule has 1 unspecified atom stereocenters. The molecule has 1 atom stereocenters. The number of carbonyl (C=O) groups is 3. The molecule has 9 nitrogen and oxygen atoms in total. The van der Waals surface area contributed by atoms with Crippen LogP contribution in [-0.4, -0.2) is 41.0 Å². The van der Waals surface area contributed by atoms with Crippen LogP contribution in [-0.2, 0) is 9.53 Å². The Morgan fingerprint density at radius 3 is 2.74 bits per heavy atom. The molecule has 1 aliphatic heterocycles. The second-order valence-electron chi connectivity index (χ2n) is 8.65. The van der Waals surface area contributed by atoms with Gasteiger partial charge in [0.2, 0.25) is 5.78 Å². The molecule has 10 heteroatoms. The summed E-state index contributed by atoms with van der Waals surface area (Å²) in [7, 11) is 0. The predicted molar refractivity (Wildman–Crippen MR) is 142 cm³/mol. The molecule has 1 amide bonds. The number of aliphatic hydroxyl groups excluding tert-OH is 1. The van der Waals surface area contributed by atoms with Crippen LogP contribution in [0.15, 0.2) is 64.8 Å². The van der Waals surface area contributed by atoms with Crippen LogP contribution in [0.2, 0.25) is 0 Å². The van der Waals surface area contributed by atoms with Gasteiger partial charge in [-0.15, -0.1) is 0 Å². The summed E-state index contributed by atoms with van der Waals surface area (Å²) in [5.41, 5.74) is 0.716. The third kappa shape index (κ3) is 5.26. The summed E-state index contributed by atoms with van der Waals surface area (Å²) in [6, 6.07) is 9.06. The molecular formula is C28H28N2O7S. The summed E-state index contributed by atoms with van der Waals surface area (Å²) < 4.78 is 16.5. The van der Waals surface area contributed by atoms with Crippen molar-refractivity contribution in [1.82, 2.24) is 4.98 Å². The van der Waals surface area contributed by atoms with E-state index in [4.69, 9.17) is 13.9 Å². The molecule has 1 N–H and O–H groups in total. The summed E-state index contributed by atoms with van der Waals surface area (Å²) in [6.07, 6.45) is 3.27. The SMILES string of the molecule is C=CCOC(=O)c1sc(N2C(=O)C(O)=C(C(=O)c3ccc(C)o3)C2c2cccc(OCCCC)c2)nc1C. The van der Waals surface area contributed by atoms with E-state index in [1.54, 1.807) is 44.2 Å². The highest BCUT2D eigenvalue weighted by Crippen LogP contribution is 2.44. The van der Waals surface area contributed by atoms with Gasteiger partial charge in [0, 0.05) is 0 Å². The molecule has 0 spiro atoms. The number of benzene rings is 1. The highest BCUT2D eigenvalue weighted by Gasteiger charge is 2.47. The predicted octanol–water partition coefficient (Wildman–Crippen LogP) is 5.66. The number of hydrogen-bond acceptors (Lipinski definition) is 9. The molecule has 1 aliphatic rings. The van der Waals surface area contributed by atoms with Gasteiger partial charge < -0.3 is 19.0 Å². The Morgan fingerprint density at radius 2 is 2.05 bits per heavy atom. The Kier molecular flexibility index (Phi) is 8.11. The number of unbranched alkanes of at least 4 members (excludes halogenated alkanes) is 1. The number of aryl methyl sites for hydroxylation is 2. The fourth-order valence-corrected chi connectivity index (χ4v) is 5.01. The molecule has 198 valence electrons. The number of thiazole rings is 1. The van der Waals surface area contributed by atoms with Crippen molar-refractivity contribution in [3.05, 3.63) is 88.0 Å². The third-order valence-electron chi connectivity index (χ3n) is 5.87. The number of ether oxygens (including phenoxy) is 2. The number of carbonyl (C=O) groups excluding carboxylic acids is 3. The zero-order valence-electron chi connectivity index (χ0n) is 21.4. The number of amides is 1. The number of anilines is 1. The van der Waals surface area contributed by atoms with Crippen molar-refractivity contribution in [2.45, 2.75) is 39.7 Å². The normalized spacial score (nSPS) is 15.2. The van der Waals surface area contributed by atoms with Crippen LogP contribution in [0.4, 0.5) is 5.13 Å². The van der Waals surface area contributed by atoms with E-state index in [2.05, 4.69) is 18.5 Å². The van der Waals surface area contributed by atoms with Crippen molar-refractivity contribution in [2.24, 2.45) is 0 Å². The molecule has 4 rings (SSSR count). The molecule has 1 aromatic carbocycles. The first-order valence-electron chi connectivity index (χ1n) is 12.1. The zero-order valence-corrected chi connectivity index (χ0v) is 22.2. The van der Waals surface area contributed by atoms with E-state index in [0.29, 0.717) is 29.4 Å². The number of Topliss-reactive ketones (excluding diaryl/α,β-unsaturated/α-hetero) is 1. The van der Waals surface area contributed by atoms with Crippen molar-refractivity contribution in [3.8, 4) is 5.75 Å². The molecule has 0 fully saturated rings. The molecule has 3 aromatic rings. The molecule has 0 aliphatic carbocycles. The minimum atomic E-state index is -1.04. The number of rotatable bonds is 11. The van der Waals surface area contributed by atoms with Crippen molar-refractivity contribution >= 4 is 34.1 Å². The lowest BCUT2D eigenvalue weighted by atomic mass is 9.95. The number of nitrogens with zero attached hydrogens (tertiary/aromatic N) is 2. The average Bonchev–Trinajstić information content (AvgIpc) is 3.58. The highest BCUT2D eigenvalue weighted by atomic mass is 32.1. The Morgan fingerprint density at radius 1 is 1.26 bits per heavy atom. The Bertz CT molecular complexity index is 1420. The van der Waals surface area contributed by atoms with E-state index in [0.717, 1.165) is 24.2 Å². The summed E-state index contributed by atoms with van der Waals surface area (Å²) >= 11 is 0.936. The molecule has 3 heterocycles. The number of furan rings is 1. The van der Waals surface area contributed by atoms with Crippen molar-refractivity contribution in [2.75, 3.05) is 18.1 Å². The van der Waals surface area contributed by atoms with Crippen molar-refractivity contribution in [1.29, 1.82) is 0 Å².